The van der Waals surface area contributed by atoms with Gasteiger partial charge in [0.2, 0.25) is 0 Å². The number of rotatable bonds is 5. The number of aromatic nitrogens is 4. The zero-order chi connectivity index (χ0) is 42.2. The van der Waals surface area contributed by atoms with Crippen LogP contribution in [0.1, 0.15) is 22.3 Å². The van der Waals surface area contributed by atoms with Gasteiger partial charge in [0.25, 0.3) is 0 Å². The van der Waals surface area contributed by atoms with Crippen LogP contribution in [0.15, 0.2) is 228 Å². The minimum Gasteiger partial charge on any atom is -0.247 e. The zero-order valence-electron chi connectivity index (χ0n) is 34.5. The third-order valence-electron chi connectivity index (χ3n) is 13.0. The highest BCUT2D eigenvalue weighted by Gasteiger charge is 2.50. The molecule has 64 heavy (non-hydrogen) atoms. The molecule has 0 radical (unpaired) electrons. The van der Waals surface area contributed by atoms with Crippen molar-refractivity contribution in [2.75, 3.05) is 0 Å². The van der Waals surface area contributed by atoms with Gasteiger partial charge in [0, 0.05) is 48.2 Å². The van der Waals surface area contributed by atoms with Crippen LogP contribution < -0.4 is 0 Å². The van der Waals surface area contributed by atoms with Crippen LogP contribution in [-0.2, 0) is 5.41 Å². The molecule has 0 atom stereocenters. The van der Waals surface area contributed by atoms with Crippen LogP contribution >= 0.6 is 11.8 Å². The zero-order valence-corrected chi connectivity index (χ0v) is 35.3. The summed E-state index contributed by atoms with van der Waals surface area (Å²) < 4.78 is 0. The predicted octanol–water partition coefficient (Wildman–Crippen LogP) is 14.7. The summed E-state index contributed by atoms with van der Waals surface area (Å²) in [5, 5.41) is 3.34. The smallest absolute Gasteiger partial charge is 0.164 e. The molecule has 0 N–H and O–H groups in total. The van der Waals surface area contributed by atoms with E-state index in [0.29, 0.717) is 17.5 Å². The van der Waals surface area contributed by atoms with Crippen LogP contribution in [0.25, 0.3) is 89.4 Å². The van der Waals surface area contributed by atoms with Gasteiger partial charge in [-0.1, -0.05) is 206 Å². The standard InChI is InChI=1S/C59H36N4S/c1-4-16-37(17-5-1)38-28-30-41(31-29-38)57-61-56(40-20-8-3-9-21-40)62-58(63-57)42-32-35-51-46(36-42)53-45(54(60-51)39-18-6-2-7-19-39)33-34-50-55(53)64-52-27-15-14-26-49(52)59(50)47-24-12-10-22-43(47)44-23-11-13-25-48(44)59/h1-36H. The first kappa shape index (κ1) is 36.6. The molecule has 2 aliphatic rings. The quantitative estimate of drug-likeness (QED) is 0.162. The molecule has 3 heterocycles. The van der Waals surface area contributed by atoms with Crippen molar-refractivity contribution in [2.45, 2.75) is 15.2 Å². The Labute approximate surface area is 375 Å². The fourth-order valence-corrected chi connectivity index (χ4v) is 11.5. The molecule has 0 fully saturated rings. The van der Waals surface area contributed by atoms with E-state index in [0.717, 1.165) is 49.8 Å². The highest BCUT2D eigenvalue weighted by Crippen LogP contribution is 2.63. The monoisotopic (exact) mass is 832 g/mol. The maximum absolute atomic E-state index is 5.46. The first-order valence-electron chi connectivity index (χ1n) is 21.6. The number of hydrogen-bond acceptors (Lipinski definition) is 5. The summed E-state index contributed by atoms with van der Waals surface area (Å²) in [5.74, 6) is 1.85. The van der Waals surface area contributed by atoms with Gasteiger partial charge in [-0.05, 0) is 68.8 Å². The second kappa shape index (κ2) is 14.6. The third-order valence-corrected chi connectivity index (χ3v) is 14.2. The van der Waals surface area contributed by atoms with E-state index in [4.69, 9.17) is 19.9 Å². The molecular weight excluding hydrogens is 797 g/mol. The van der Waals surface area contributed by atoms with Gasteiger partial charge in [-0.2, -0.15) is 0 Å². The fraction of sp³-hybridized carbons (Fsp3) is 0.0169. The van der Waals surface area contributed by atoms with Crippen LogP contribution in [-0.4, -0.2) is 19.9 Å². The van der Waals surface area contributed by atoms with Gasteiger partial charge in [-0.3, -0.25) is 0 Å². The van der Waals surface area contributed by atoms with E-state index in [1.165, 1.54) is 54.1 Å². The molecule has 13 rings (SSSR count). The summed E-state index contributed by atoms with van der Waals surface area (Å²) in [7, 11) is 0. The molecule has 1 aliphatic heterocycles. The maximum Gasteiger partial charge on any atom is 0.164 e. The molecular formula is C59H36N4S. The van der Waals surface area contributed by atoms with Crippen molar-refractivity contribution in [3.63, 3.8) is 0 Å². The summed E-state index contributed by atoms with van der Waals surface area (Å²) in [6.07, 6.45) is 0. The third kappa shape index (κ3) is 5.57. The Morgan fingerprint density at radius 3 is 1.47 bits per heavy atom. The lowest BCUT2D eigenvalue weighted by molar-refractivity contribution is 0.726. The molecule has 0 saturated heterocycles. The largest absolute Gasteiger partial charge is 0.247 e. The molecule has 1 spiro atoms. The van der Waals surface area contributed by atoms with E-state index in [9.17, 15) is 0 Å². The lowest BCUT2D eigenvalue weighted by Crippen LogP contribution is -2.32. The number of pyridine rings is 1. The average molecular weight is 833 g/mol. The van der Waals surface area contributed by atoms with Crippen LogP contribution in [0.2, 0.25) is 0 Å². The first-order valence-corrected chi connectivity index (χ1v) is 22.4. The van der Waals surface area contributed by atoms with Crippen molar-refractivity contribution in [1.82, 2.24) is 19.9 Å². The van der Waals surface area contributed by atoms with Crippen molar-refractivity contribution in [1.29, 1.82) is 0 Å². The molecule has 0 saturated carbocycles. The number of nitrogens with zero attached hydrogens (tertiary/aromatic N) is 4. The molecule has 298 valence electrons. The minimum atomic E-state index is -0.511. The number of fused-ring (bicyclic) bond motifs is 13. The number of hydrogen-bond donors (Lipinski definition) is 0. The molecule has 4 nitrogen and oxygen atoms in total. The van der Waals surface area contributed by atoms with E-state index in [2.05, 4.69) is 194 Å². The highest BCUT2D eigenvalue weighted by molar-refractivity contribution is 7.99. The maximum atomic E-state index is 5.46. The van der Waals surface area contributed by atoms with Crippen LogP contribution in [0, 0.1) is 0 Å². The van der Waals surface area contributed by atoms with Crippen molar-refractivity contribution < 1.29 is 0 Å². The Balaban J connectivity index is 1.08. The van der Waals surface area contributed by atoms with Gasteiger partial charge in [0.05, 0.1) is 16.6 Å². The number of benzene rings is 9. The predicted molar refractivity (Wildman–Crippen MR) is 261 cm³/mol. The van der Waals surface area contributed by atoms with Crippen molar-refractivity contribution in [3.8, 4) is 67.7 Å². The van der Waals surface area contributed by atoms with E-state index in [-0.39, 0.29) is 0 Å². The second-order valence-corrected chi connectivity index (χ2v) is 17.5. The van der Waals surface area contributed by atoms with Gasteiger partial charge in [-0.15, -0.1) is 0 Å². The Bertz CT molecular complexity index is 3580. The molecule has 0 amide bonds. The molecule has 2 aromatic heterocycles. The normalized spacial score (nSPS) is 13.1. The van der Waals surface area contributed by atoms with E-state index < -0.39 is 5.41 Å². The van der Waals surface area contributed by atoms with Crippen molar-refractivity contribution in [2.24, 2.45) is 0 Å². The summed E-state index contributed by atoms with van der Waals surface area (Å²) in [6.45, 7) is 0. The summed E-state index contributed by atoms with van der Waals surface area (Å²) in [6, 6.07) is 77.9. The van der Waals surface area contributed by atoms with Gasteiger partial charge in [0.15, 0.2) is 17.5 Å². The Morgan fingerprint density at radius 1 is 0.328 bits per heavy atom. The fourth-order valence-electron chi connectivity index (χ4n) is 10.1. The van der Waals surface area contributed by atoms with Crippen molar-refractivity contribution >= 4 is 33.4 Å². The SMILES string of the molecule is c1ccc(-c2ccc(-c3nc(-c4ccccc4)nc(-c4ccc5nc(-c6ccccc6)c6ccc7c(c6c5c4)Sc4ccccc4C74c5ccccc5-c5ccccc54)n3)cc2)cc1. The van der Waals surface area contributed by atoms with Gasteiger partial charge < -0.3 is 0 Å². The van der Waals surface area contributed by atoms with E-state index in [1.54, 1.807) is 0 Å². The molecule has 9 aromatic carbocycles. The van der Waals surface area contributed by atoms with Gasteiger partial charge in [-0.25, -0.2) is 19.9 Å². The minimum absolute atomic E-state index is 0.511. The molecule has 0 unspecified atom stereocenters. The second-order valence-electron chi connectivity index (χ2n) is 16.5. The van der Waals surface area contributed by atoms with Gasteiger partial charge >= 0.3 is 0 Å². The molecule has 0 bridgehead atoms. The van der Waals surface area contributed by atoms with Crippen molar-refractivity contribution in [3.05, 3.63) is 241 Å². The average Bonchev–Trinajstić information content (AvgIpc) is 3.67. The summed E-state index contributed by atoms with van der Waals surface area (Å²) in [4.78, 5) is 23.5. The van der Waals surface area contributed by atoms with Crippen LogP contribution in [0.4, 0.5) is 0 Å². The Hall–Kier alpha value is -7.99. The molecule has 5 heteroatoms. The van der Waals surface area contributed by atoms with E-state index in [1.807, 2.05) is 36.0 Å². The lowest BCUT2D eigenvalue weighted by Gasteiger charge is -2.40. The lowest BCUT2D eigenvalue weighted by atomic mass is 9.67. The Kier molecular flexibility index (Phi) is 8.33. The Morgan fingerprint density at radius 2 is 0.812 bits per heavy atom. The van der Waals surface area contributed by atoms with Crippen LogP contribution in [0.3, 0.4) is 0 Å². The molecule has 11 aromatic rings. The van der Waals surface area contributed by atoms with Gasteiger partial charge in [0.1, 0.15) is 0 Å². The highest BCUT2D eigenvalue weighted by atomic mass is 32.2. The van der Waals surface area contributed by atoms with E-state index >= 15 is 0 Å². The summed E-state index contributed by atoms with van der Waals surface area (Å²) in [5.41, 5.74) is 15.3. The first-order chi connectivity index (χ1) is 31.7. The van der Waals surface area contributed by atoms with Crippen LogP contribution in [0.5, 0.6) is 0 Å². The topological polar surface area (TPSA) is 51.6 Å². The summed E-state index contributed by atoms with van der Waals surface area (Å²) >= 11 is 1.87. The molecule has 1 aliphatic carbocycles.